The zero-order valence-electron chi connectivity index (χ0n) is 9.28. The Balaban J connectivity index is 1.89. The summed E-state index contributed by atoms with van der Waals surface area (Å²) >= 11 is 1.66. The number of aliphatic hydroxyl groups excluding tert-OH is 1. The lowest BCUT2D eigenvalue weighted by atomic mass is 10.2. The van der Waals surface area contributed by atoms with Gasteiger partial charge in [-0.3, -0.25) is 0 Å². The van der Waals surface area contributed by atoms with E-state index in [1.165, 1.54) is 0 Å². The van der Waals surface area contributed by atoms with E-state index in [2.05, 4.69) is 26.3 Å². The first-order valence-electron chi connectivity index (χ1n) is 5.60. The molecule has 0 amide bonds. The number of aromatic nitrogens is 2. The van der Waals surface area contributed by atoms with Crippen molar-refractivity contribution in [2.75, 3.05) is 18.0 Å². The van der Waals surface area contributed by atoms with Crippen LogP contribution in [-0.4, -0.2) is 34.3 Å². The second-order valence-electron chi connectivity index (χ2n) is 4.16. The molecule has 17 heavy (non-hydrogen) atoms. The minimum Gasteiger partial charge on any atom is -0.391 e. The minimum absolute atomic E-state index is 0.227. The lowest BCUT2D eigenvalue weighted by Gasteiger charge is -2.16. The summed E-state index contributed by atoms with van der Waals surface area (Å²) in [6.07, 6.45) is 2.18. The van der Waals surface area contributed by atoms with Gasteiger partial charge in [0.2, 0.25) is 0 Å². The van der Waals surface area contributed by atoms with Crippen molar-refractivity contribution < 1.29 is 5.11 Å². The van der Waals surface area contributed by atoms with Gasteiger partial charge in [0, 0.05) is 30.1 Å². The topological polar surface area (TPSA) is 49.2 Å². The van der Waals surface area contributed by atoms with Gasteiger partial charge in [-0.25, -0.2) is 9.97 Å². The number of hydrogen-bond acceptors (Lipinski definition) is 5. The molecule has 4 nitrogen and oxygen atoms in total. The van der Waals surface area contributed by atoms with Crippen LogP contribution in [0.4, 0.5) is 5.82 Å². The van der Waals surface area contributed by atoms with Crippen LogP contribution in [0.15, 0.2) is 29.2 Å². The summed E-state index contributed by atoms with van der Waals surface area (Å²) in [6.45, 7) is 1.53. The van der Waals surface area contributed by atoms with E-state index in [1.54, 1.807) is 17.7 Å². The molecule has 1 unspecified atom stereocenters. The van der Waals surface area contributed by atoms with Gasteiger partial charge in [-0.05, 0) is 17.9 Å². The fourth-order valence-corrected chi connectivity index (χ4v) is 2.69. The van der Waals surface area contributed by atoms with Gasteiger partial charge in [0.1, 0.15) is 12.1 Å². The fourth-order valence-electron chi connectivity index (χ4n) is 2.04. The van der Waals surface area contributed by atoms with E-state index >= 15 is 0 Å². The zero-order valence-corrected chi connectivity index (χ0v) is 10.1. The highest BCUT2D eigenvalue weighted by atomic mass is 32.1. The Bertz CT molecular complexity index is 500. The molecular formula is C12H13N3OS. The standard InChI is InChI=1S/C12H13N3OS/c16-10-1-3-15(6-10)12-5-11(13-8-14-12)9-2-4-17-7-9/h2,4-5,7-8,10,16H,1,3,6H2. The van der Waals surface area contributed by atoms with Crippen LogP contribution < -0.4 is 4.90 Å². The molecule has 2 aromatic heterocycles. The van der Waals surface area contributed by atoms with Crippen LogP contribution >= 0.6 is 11.3 Å². The molecule has 1 aliphatic heterocycles. The Labute approximate surface area is 104 Å². The largest absolute Gasteiger partial charge is 0.391 e. The molecule has 88 valence electrons. The highest BCUT2D eigenvalue weighted by molar-refractivity contribution is 7.08. The van der Waals surface area contributed by atoms with Gasteiger partial charge in [-0.1, -0.05) is 0 Å². The lowest BCUT2D eigenvalue weighted by Crippen LogP contribution is -2.22. The van der Waals surface area contributed by atoms with Gasteiger partial charge in [0.15, 0.2) is 0 Å². The molecule has 0 aromatic carbocycles. The van der Waals surface area contributed by atoms with Crippen molar-refractivity contribution in [2.24, 2.45) is 0 Å². The molecule has 2 aromatic rings. The molecule has 1 saturated heterocycles. The average molecular weight is 247 g/mol. The second kappa shape index (κ2) is 4.43. The number of rotatable bonds is 2. The molecule has 0 bridgehead atoms. The first-order valence-corrected chi connectivity index (χ1v) is 6.55. The van der Waals surface area contributed by atoms with Crippen LogP contribution in [-0.2, 0) is 0 Å². The van der Waals surface area contributed by atoms with E-state index in [0.717, 1.165) is 30.0 Å². The number of anilines is 1. The molecule has 1 fully saturated rings. The van der Waals surface area contributed by atoms with Crippen molar-refractivity contribution in [3.8, 4) is 11.3 Å². The summed E-state index contributed by atoms with van der Waals surface area (Å²) in [5, 5.41) is 13.6. The Morgan fingerprint density at radius 1 is 1.41 bits per heavy atom. The molecule has 1 aliphatic rings. The van der Waals surface area contributed by atoms with Crippen molar-refractivity contribution in [1.82, 2.24) is 9.97 Å². The SMILES string of the molecule is OC1CCN(c2cc(-c3ccsc3)ncn2)C1. The summed E-state index contributed by atoms with van der Waals surface area (Å²) < 4.78 is 0. The molecule has 3 rings (SSSR count). The summed E-state index contributed by atoms with van der Waals surface area (Å²) in [4.78, 5) is 10.7. The first-order chi connectivity index (χ1) is 8.33. The van der Waals surface area contributed by atoms with Crippen LogP contribution in [0.3, 0.4) is 0 Å². The van der Waals surface area contributed by atoms with E-state index in [-0.39, 0.29) is 6.10 Å². The number of aliphatic hydroxyl groups is 1. The van der Waals surface area contributed by atoms with Crippen molar-refractivity contribution in [1.29, 1.82) is 0 Å². The highest BCUT2D eigenvalue weighted by Gasteiger charge is 2.21. The van der Waals surface area contributed by atoms with Crippen molar-refractivity contribution in [3.63, 3.8) is 0 Å². The Hall–Kier alpha value is -1.46. The normalized spacial score (nSPS) is 19.8. The van der Waals surface area contributed by atoms with E-state index in [4.69, 9.17) is 0 Å². The molecule has 1 atom stereocenters. The number of nitrogens with zero attached hydrogens (tertiary/aromatic N) is 3. The zero-order chi connectivity index (χ0) is 11.7. The summed E-state index contributed by atoms with van der Waals surface area (Å²) in [7, 11) is 0. The van der Waals surface area contributed by atoms with Gasteiger partial charge in [0.05, 0.1) is 11.8 Å². The monoisotopic (exact) mass is 247 g/mol. The van der Waals surface area contributed by atoms with E-state index in [9.17, 15) is 5.11 Å². The van der Waals surface area contributed by atoms with Gasteiger partial charge in [0.25, 0.3) is 0 Å². The molecule has 1 N–H and O–H groups in total. The summed E-state index contributed by atoms with van der Waals surface area (Å²) in [5.74, 6) is 0.901. The molecular weight excluding hydrogens is 234 g/mol. The molecule has 3 heterocycles. The maximum absolute atomic E-state index is 9.53. The van der Waals surface area contributed by atoms with Crippen LogP contribution in [0.2, 0.25) is 0 Å². The van der Waals surface area contributed by atoms with Crippen molar-refractivity contribution in [2.45, 2.75) is 12.5 Å². The fraction of sp³-hybridized carbons (Fsp3) is 0.333. The van der Waals surface area contributed by atoms with Gasteiger partial charge in [-0.15, -0.1) is 0 Å². The summed E-state index contributed by atoms with van der Waals surface area (Å²) in [6, 6.07) is 4.04. The van der Waals surface area contributed by atoms with Crippen molar-refractivity contribution in [3.05, 3.63) is 29.2 Å². The molecule has 0 spiro atoms. The Morgan fingerprint density at radius 2 is 2.35 bits per heavy atom. The second-order valence-corrected chi connectivity index (χ2v) is 4.94. The summed E-state index contributed by atoms with van der Waals surface area (Å²) in [5.41, 5.74) is 2.07. The van der Waals surface area contributed by atoms with E-state index < -0.39 is 0 Å². The highest BCUT2D eigenvalue weighted by Crippen LogP contribution is 2.24. The van der Waals surface area contributed by atoms with Crippen LogP contribution in [0.5, 0.6) is 0 Å². The quantitative estimate of drug-likeness (QED) is 0.878. The van der Waals surface area contributed by atoms with E-state index in [1.807, 2.05) is 11.4 Å². The third-order valence-electron chi connectivity index (χ3n) is 2.96. The van der Waals surface area contributed by atoms with Gasteiger partial charge >= 0.3 is 0 Å². The predicted molar refractivity (Wildman–Crippen MR) is 68.2 cm³/mol. The molecule has 0 aliphatic carbocycles. The van der Waals surface area contributed by atoms with Crippen LogP contribution in [0, 0.1) is 0 Å². The Kier molecular flexibility index (Phi) is 2.78. The smallest absolute Gasteiger partial charge is 0.132 e. The molecule has 0 radical (unpaired) electrons. The average Bonchev–Trinajstić information content (AvgIpc) is 3.00. The third kappa shape index (κ3) is 2.16. The van der Waals surface area contributed by atoms with Crippen molar-refractivity contribution >= 4 is 17.2 Å². The van der Waals surface area contributed by atoms with Gasteiger partial charge < -0.3 is 10.0 Å². The molecule has 5 heteroatoms. The predicted octanol–water partition coefficient (Wildman–Crippen LogP) is 1.78. The minimum atomic E-state index is -0.227. The number of hydrogen-bond donors (Lipinski definition) is 1. The van der Waals surface area contributed by atoms with E-state index in [0.29, 0.717) is 6.54 Å². The maximum Gasteiger partial charge on any atom is 0.132 e. The maximum atomic E-state index is 9.53. The first kappa shape index (κ1) is 10.7. The Morgan fingerprint density at radius 3 is 3.06 bits per heavy atom. The van der Waals surface area contributed by atoms with Crippen LogP contribution in [0.1, 0.15) is 6.42 Å². The third-order valence-corrected chi connectivity index (χ3v) is 3.64. The number of β-amino-alcohol motifs (C(OH)–C–C–N with tert-alkyl or cyclic N) is 1. The number of thiophene rings is 1. The lowest BCUT2D eigenvalue weighted by molar-refractivity contribution is 0.198. The van der Waals surface area contributed by atoms with Crippen LogP contribution in [0.25, 0.3) is 11.3 Å². The van der Waals surface area contributed by atoms with Gasteiger partial charge in [-0.2, -0.15) is 11.3 Å². The molecule has 0 saturated carbocycles.